The third kappa shape index (κ3) is 5.06. The second kappa shape index (κ2) is 5.25. The Hall–Kier alpha value is -1.17. The molecule has 1 N–H and O–H groups in total. The van der Waals surface area contributed by atoms with Crippen molar-refractivity contribution in [1.29, 1.82) is 0 Å². The van der Waals surface area contributed by atoms with Gasteiger partial charge in [0.2, 0.25) is 0 Å². The summed E-state index contributed by atoms with van der Waals surface area (Å²) in [4.78, 5) is 7.99. The van der Waals surface area contributed by atoms with Gasteiger partial charge in [-0.25, -0.2) is 9.97 Å². The molecule has 0 saturated heterocycles. The Morgan fingerprint density at radius 2 is 2.12 bits per heavy atom. The van der Waals surface area contributed by atoms with Crippen molar-refractivity contribution in [2.24, 2.45) is 0 Å². The predicted octanol–water partition coefficient (Wildman–Crippen LogP) is 2.22. The molecule has 0 bridgehead atoms. The van der Waals surface area contributed by atoms with Crippen molar-refractivity contribution >= 4 is 0 Å². The van der Waals surface area contributed by atoms with Gasteiger partial charge in [0, 0.05) is 18.8 Å². The van der Waals surface area contributed by atoms with Crippen LogP contribution in [0.2, 0.25) is 0 Å². The lowest BCUT2D eigenvalue weighted by Crippen LogP contribution is -2.31. The first-order chi connectivity index (χ1) is 7.37. The molecule has 3 nitrogen and oxygen atoms in total. The average molecular weight is 233 g/mol. The summed E-state index contributed by atoms with van der Waals surface area (Å²) in [5.41, 5.74) is 0.696. The molecule has 1 aromatic heterocycles. The predicted molar refractivity (Wildman–Crippen MR) is 53.7 cm³/mol. The Labute approximate surface area is 92.1 Å². The SMILES string of the molecule is Cc1nccc(CNC(C)CC(F)(F)F)n1. The highest BCUT2D eigenvalue weighted by molar-refractivity contribution is 5.01. The number of aryl methyl sites for hydroxylation is 1. The first-order valence-electron chi connectivity index (χ1n) is 4.95. The average Bonchev–Trinajstić information content (AvgIpc) is 2.12. The Balaban J connectivity index is 2.40. The van der Waals surface area contributed by atoms with Crippen molar-refractivity contribution in [3.05, 3.63) is 23.8 Å². The number of hydrogen-bond donors (Lipinski definition) is 1. The fraction of sp³-hybridized carbons (Fsp3) is 0.600. The molecule has 1 heterocycles. The zero-order valence-corrected chi connectivity index (χ0v) is 9.17. The third-order valence-electron chi connectivity index (χ3n) is 2.00. The van der Waals surface area contributed by atoms with Crippen LogP contribution in [0.5, 0.6) is 0 Å². The molecule has 0 aliphatic rings. The number of rotatable bonds is 4. The Morgan fingerprint density at radius 1 is 1.44 bits per heavy atom. The summed E-state index contributed by atoms with van der Waals surface area (Å²) >= 11 is 0. The molecule has 0 saturated carbocycles. The molecule has 1 aromatic rings. The minimum Gasteiger partial charge on any atom is -0.308 e. The van der Waals surface area contributed by atoms with Crippen molar-refractivity contribution in [1.82, 2.24) is 15.3 Å². The lowest BCUT2D eigenvalue weighted by atomic mass is 10.2. The van der Waals surface area contributed by atoms with Gasteiger partial charge in [0.15, 0.2) is 0 Å². The largest absolute Gasteiger partial charge is 0.390 e. The van der Waals surface area contributed by atoms with Gasteiger partial charge in [-0.15, -0.1) is 0 Å². The molecule has 0 amide bonds. The van der Waals surface area contributed by atoms with E-state index in [1.807, 2.05) is 0 Å². The normalized spacial score (nSPS) is 13.8. The summed E-state index contributed by atoms with van der Waals surface area (Å²) in [6, 6.07) is 1.07. The van der Waals surface area contributed by atoms with Crippen LogP contribution in [0.1, 0.15) is 24.9 Å². The molecule has 1 unspecified atom stereocenters. The van der Waals surface area contributed by atoms with Crippen molar-refractivity contribution in [3.8, 4) is 0 Å². The van der Waals surface area contributed by atoms with Gasteiger partial charge in [-0.05, 0) is 19.9 Å². The van der Waals surface area contributed by atoms with Crippen LogP contribution >= 0.6 is 0 Å². The van der Waals surface area contributed by atoms with Gasteiger partial charge in [-0.3, -0.25) is 0 Å². The minimum absolute atomic E-state index is 0.320. The van der Waals surface area contributed by atoms with Crippen LogP contribution in [-0.2, 0) is 6.54 Å². The van der Waals surface area contributed by atoms with Gasteiger partial charge in [0.05, 0.1) is 12.1 Å². The molecule has 0 fully saturated rings. The molecular formula is C10H14F3N3. The number of alkyl halides is 3. The van der Waals surface area contributed by atoms with E-state index in [2.05, 4.69) is 15.3 Å². The van der Waals surface area contributed by atoms with E-state index in [4.69, 9.17) is 0 Å². The third-order valence-corrected chi connectivity index (χ3v) is 2.00. The molecule has 0 radical (unpaired) electrons. The molecule has 0 spiro atoms. The highest BCUT2D eigenvalue weighted by Gasteiger charge is 2.29. The monoisotopic (exact) mass is 233 g/mol. The molecule has 0 aliphatic heterocycles. The van der Waals surface area contributed by atoms with E-state index in [-0.39, 0.29) is 0 Å². The van der Waals surface area contributed by atoms with Crippen molar-refractivity contribution in [2.75, 3.05) is 0 Å². The molecule has 6 heteroatoms. The summed E-state index contributed by atoms with van der Waals surface area (Å²) in [5.74, 6) is 0.614. The van der Waals surface area contributed by atoms with Crippen LogP contribution in [-0.4, -0.2) is 22.2 Å². The van der Waals surface area contributed by atoms with E-state index in [0.717, 1.165) is 0 Å². The van der Waals surface area contributed by atoms with E-state index in [1.54, 1.807) is 19.2 Å². The number of aromatic nitrogens is 2. The van der Waals surface area contributed by atoms with E-state index in [9.17, 15) is 13.2 Å². The standard InChI is InChI=1S/C10H14F3N3/c1-7(5-10(11,12)13)15-6-9-3-4-14-8(2)16-9/h3-4,7,15H,5-6H2,1-2H3. The second-order valence-corrected chi connectivity index (χ2v) is 3.70. The molecular weight excluding hydrogens is 219 g/mol. The first-order valence-corrected chi connectivity index (χ1v) is 4.95. The Kier molecular flexibility index (Phi) is 4.23. The van der Waals surface area contributed by atoms with Crippen LogP contribution in [0.25, 0.3) is 0 Å². The van der Waals surface area contributed by atoms with Gasteiger partial charge in [-0.2, -0.15) is 13.2 Å². The van der Waals surface area contributed by atoms with Crippen LogP contribution in [0, 0.1) is 6.92 Å². The summed E-state index contributed by atoms with van der Waals surface area (Å²) in [6.07, 6.45) is -3.38. The summed E-state index contributed by atoms with van der Waals surface area (Å²) in [7, 11) is 0. The maximum Gasteiger partial charge on any atom is 0.390 e. The number of hydrogen-bond acceptors (Lipinski definition) is 3. The molecule has 16 heavy (non-hydrogen) atoms. The minimum atomic E-state index is -4.13. The van der Waals surface area contributed by atoms with Gasteiger partial charge in [0.1, 0.15) is 5.82 Å². The van der Waals surface area contributed by atoms with E-state index >= 15 is 0 Å². The highest BCUT2D eigenvalue weighted by Crippen LogP contribution is 2.21. The maximum atomic E-state index is 12.0. The van der Waals surface area contributed by atoms with E-state index < -0.39 is 18.6 Å². The lowest BCUT2D eigenvalue weighted by Gasteiger charge is -2.15. The maximum absolute atomic E-state index is 12.0. The van der Waals surface area contributed by atoms with Crippen LogP contribution in [0.15, 0.2) is 12.3 Å². The van der Waals surface area contributed by atoms with Gasteiger partial charge >= 0.3 is 6.18 Å². The van der Waals surface area contributed by atoms with Gasteiger partial charge in [0.25, 0.3) is 0 Å². The lowest BCUT2D eigenvalue weighted by molar-refractivity contribution is -0.139. The number of halogens is 3. The molecule has 0 aromatic carbocycles. The van der Waals surface area contributed by atoms with Gasteiger partial charge < -0.3 is 5.32 Å². The summed E-state index contributed by atoms with van der Waals surface area (Å²) in [6.45, 7) is 3.56. The second-order valence-electron chi connectivity index (χ2n) is 3.70. The fourth-order valence-electron chi connectivity index (χ4n) is 1.30. The van der Waals surface area contributed by atoms with E-state index in [1.165, 1.54) is 6.92 Å². The Morgan fingerprint density at radius 3 is 2.69 bits per heavy atom. The summed E-state index contributed by atoms with van der Waals surface area (Å²) in [5, 5.41) is 2.77. The first kappa shape index (κ1) is 12.9. The van der Waals surface area contributed by atoms with Crippen LogP contribution in [0.3, 0.4) is 0 Å². The van der Waals surface area contributed by atoms with E-state index in [0.29, 0.717) is 18.1 Å². The molecule has 1 atom stereocenters. The molecule has 1 rings (SSSR count). The van der Waals surface area contributed by atoms with Crippen molar-refractivity contribution in [2.45, 2.75) is 39.0 Å². The fourth-order valence-corrected chi connectivity index (χ4v) is 1.30. The zero-order valence-electron chi connectivity index (χ0n) is 9.17. The topological polar surface area (TPSA) is 37.8 Å². The number of nitrogens with zero attached hydrogens (tertiary/aromatic N) is 2. The van der Waals surface area contributed by atoms with Gasteiger partial charge in [-0.1, -0.05) is 0 Å². The number of nitrogens with one attached hydrogen (secondary N) is 1. The van der Waals surface area contributed by atoms with Crippen LogP contribution < -0.4 is 5.32 Å². The molecule has 90 valence electrons. The van der Waals surface area contributed by atoms with Crippen molar-refractivity contribution < 1.29 is 13.2 Å². The van der Waals surface area contributed by atoms with Crippen LogP contribution in [0.4, 0.5) is 13.2 Å². The summed E-state index contributed by atoms with van der Waals surface area (Å²) < 4.78 is 36.1. The zero-order chi connectivity index (χ0) is 12.2. The quantitative estimate of drug-likeness (QED) is 0.866. The highest BCUT2D eigenvalue weighted by atomic mass is 19.4. The van der Waals surface area contributed by atoms with Crippen molar-refractivity contribution in [3.63, 3.8) is 0 Å². The molecule has 0 aliphatic carbocycles. The Bertz CT molecular complexity index is 338. The smallest absolute Gasteiger partial charge is 0.308 e.